The van der Waals surface area contributed by atoms with Crippen LogP contribution in [-0.2, 0) is 19.3 Å². The van der Waals surface area contributed by atoms with Gasteiger partial charge in [0.2, 0.25) is 0 Å². The van der Waals surface area contributed by atoms with Gasteiger partial charge in [-0.3, -0.25) is 9.71 Å². The van der Waals surface area contributed by atoms with E-state index in [0.29, 0.717) is 29.9 Å². The van der Waals surface area contributed by atoms with E-state index in [0.717, 1.165) is 22.7 Å². The zero-order valence-corrected chi connectivity index (χ0v) is 14.6. The van der Waals surface area contributed by atoms with E-state index >= 15 is 0 Å². The van der Waals surface area contributed by atoms with Gasteiger partial charge in [-0.2, -0.15) is 13.2 Å². The van der Waals surface area contributed by atoms with Gasteiger partial charge in [0.1, 0.15) is 5.82 Å². The maximum absolute atomic E-state index is 12.9. The number of hydrogen-bond acceptors (Lipinski definition) is 4. The van der Waals surface area contributed by atoms with Crippen molar-refractivity contribution in [1.82, 2.24) is 19.3 Å². The largest absolute Gasteiger partial charge is 0.416 e. The van der Waals surface area contributed by atoms with Gasteiger partial charge in [0, 0.05) is 23.3 Å². The van der Waals surface area contributed by atoms with Crippen molar-refractivity contribution in [3.8, 4) is 0 Å². The Morgan fingerprint density at radius 2 is 2.00 bits per heavy atom. The van der Waals surface area contributed by atoms with Gasteiger partial charge in [0.25, 0.3) is 0 Å². The van der Waals surface area contributed by atoms with Gasteiger partial charge in [0.15, 0.2) is 0 Å². The van der Waals surface area contributed by atoms with Crippen molar-refractivity contribution in [3.63, 3.8) is 0 Å². The molecule has 0 aliphatic heterocycles. The summed E-state index contributed by atoms with van der Waals surface area (Å²) in [5, 5.41) is 0. The SMILES string of the molecule is CCn1c(CNSc2ccc(C)nc2)nc2ccc(C(F)(F)F)cc21. The molecule has 2 heterocycles. The first-order valence-corrected chi connectivity index (χ1v) is 8.59. The molecule has 3 rings (SSSR count). The second kappa shape index (κ2) is 7.05. The number of nitrogens with zero attached hydrogens (tertiary/aromatic N) is 3. The van der Waals surface area contributed by atoms with Gasteiger partial charge in [-0.15, -0.1) is 0 Å². The average molecular weight is 366 g/mol. The van der Waals surface area contributed by atoms with Crippen LogP contribution in [-0.4, -0.2) is 14.5 Å². The van der Waals surface area contributed by atoms with Crippen LogP contribution in [0.15, 0.2) is 41.4 Å². The summed E-state index contributed by atoms with van der Waals surface area (Å²) in [6.07, 6.45) is -2.59. The zero-order valence-electron chi connectivity index (χ0n) is 13.8. The molecule has 0 amide bonds. The van der Waals surface area contributed by atoms with Crippen molar-refractivity contribution >= 4 is 23.0 Å². The fraction of sp³-hybridized carbons (Fsp3) is 0.294. The van der Waals surface area contributed by atoms with E-state index in [4.69, 9.17) is 0 Å². The normalized spacial score (nSPS) is 12.0. The molecular weight excluding hydrogens is 349 g/mol. The molecule has 0 spiro atoms. The van der Waals surface area contributed by atoms with Crippen molar-refractivity contribution in [3.05, 3.63) is 53.6 Å². The van der Waals surface area contributed by atoms with E-state index in [-0.39, 0.29) is 0 Å². The average Bonchev–Trinajstić information content (AvgIpc) is 2.92. The number of aromatic nitrogens is 3. The van der Waals surface area contributed by atoms with Crippen molar-refractivity contribution in [2.24, 2.45) is 0 Å². The maximum atomic E-state index is 12.9. The Labute approximate surface area is 147 Å². The minimum atomic E-state index is -4.36. The van der Waals surface area contributed by atoms with E-state index in [1.54, 1.807) is 10.8 Å². The molecule has 3 aromatic rings. The van der Waals surface area contributed by atoms with Crippen LogP contribution in [0.25, 0.3) is 11.0 Å². The van der Waals surface area contributed by atoms with Crippen molar-refractivity contribution in [2.75, 3.05) is 0 Å². The molecule has 132 valence electrons. The number of benzene rings is 1. The maximum Gasteiger partial charge on any atom is 0.416 e. The molecule has 0 saturated carbocycles. The molecule has 0 saturated heterocycles. The van der Waals surface area contributed by atoms with Crippen LogP contribution in [0.1, 0.15) is 24.0 Å². The highest BCUT2D eigenvalue weighted by molar-refractivity contribution is 7.97. The Bertz CT molecular complexity index is 872. The third-order valence-electron chi connectivity index (χ3n) is 3.78. The Kier molecular flexibility index (Phi) is 5.01. The van der Waals surface area contributed by atoms with E-state index in [9.17, 15) is 13.2 Å². The monoisotopic (exact) mass is 366 g/mol. The summed E-state index contributed by atoms with van der Waals surface area (Å²) in [6.45, 7) is 4.79. The lowest BCUT2D eigenvalue weighted by molar-refractivity contribution is -0.137. The van der Waals surface area contributed by atoms with Crippen LogP contribution in [0.2, 0.25) is 0 Å². The number of hydrogen-bond donors (Lipinski definition) is 1. The van der Waals surface area contributed by atoms with E-state index in [1.807, 2.05) is 26.0 Å². The van der Waals surface area contributed by atoms with Gasteiger partial charge in [-0.25, -0.2) is 4.98 Å². The molecule has 25 heavy (non-hydrogen) atoms. The predicted molar refractivity (Wildman–Crippen MR) is 92.1 cm³/mol. The molecule has 1 aromatic carbocycles. The summed E-state index contributed by atoms with van der Waals surface area (Å²) < 4.78 is 43.8. The summed E-state index contributed by atoms with van der Waals surface area (Å²) in [5.41, 5.74) is 1.34. The lowest BCUT2D eigenvalue weighted by Crippen LogP contribution is -2.10. The number of alkyl halides is 3. The summed E-state index contributed by atoms with van der Waals surface area (Å²) in [6, 6.07) is 7.53. The third-order valence-corrected chi connectivity index (χ3v) is 4.54. The molecule has 0 radical (unpaired) electrons. The fourth-order valence-electron chi connectivity index (χ4n) is 2.54. The smallest absolute Gasteiger partial charge is 0.327 e. The summed E-state index contributed by atoms with van der Waals surface area (Å²) in [7, 11) is 0. The minimum absolute atomic E-state index is 0.433. The minimum Gasteiger partial charge on any atom is -0.327 e. The van der Waals surface area contributed by atoms with Crippen LogP contribution >= 0.6 is 11.9 Å². The number of aryl methyl sites for hydroxylation is 2. The number of pyridine rings is 1. The van der Waals surface area contributed by atoms with Gasteiger partial charge in [0.05, 0.1) is 23.1 Å². The summed E-state index contributed by atoms with van der Waals surface area (Å²) in [4.78, 5) is 9.64. The molecule has 4 nitrogen and oxygen atoms in total. The lowest BCUT2D eigenvalue weighted by atomic mass is 10.2. The fourth-order valence-corrected chi connectivity index (χ4v) is 3.14. The molecule has 1 N–H and O–H groups in total. The number of rotatable bonds is 5. The first-order valence-electron chi connectivity index (χ1n) is 7.77. The van der Waals surface area contributed by atoms with Crippen LogP contribution in [0.4, 0.5) is 13.2 Å². The molecule has 0 fully saturated rings. The molecule has 0 aliphatic carbocycles. The Hall–Kier alpha value is -2.06. The van der Waals surface area contributed by atoms with E-state index in [1.165, 1.54) is 18.0 Å². The van der Waals surface area contributed by atoms with Crippen LogP contribution in [0, 0.1) is 6.92 Å². The van der Waals surface area contributed by atoms with E-state index < -0.39 is 11.7 Å². The lowest BCUT2D eigenvalue weighted by Gasteiger charge is -2.09. The summed E-state index contributed by atoms with van der Waals surface area (Å²) in [5.74, 6) is 0.699. The predicted octanol–water partition coefficient (Wildman–Crippen LogP) is 4.58. The van der Waals surface area contributed by atoms with Crippen LogP contribution in [0.3, 0.4) is 0 Å². The number of imidazole rings is 1. The second-order valence-electron chi connectivity index (χ2n) is 5.53. The van der Waals surface area contributed by atoms with Crippen molar-refractivity contribution < 1.29 is 13.2 Å². The highest BCUT2D eigenvalue weighted by atomic mass is 32.2. The molecule has 2 aromatic heterocycles. The Morgan fingerprint density at radius 3 is 2.64 bits per heavy atom. The Morgan fingerprint density at radius 1 is 1.20 bits per heavy atom. The molecule has 0 atom stereocenters. The third kappa shape index (κ3) is 3.96. The zero-order chi connectivity index (χ0) is 18.0. The highest BCUT2D eigenvalue weighted by Gasteiger charge is 2.31. The molecule has 8 heteroatoms. The van der Waals surface area contributed by atoms with E-state index in [2.05, 4.69) is 14.7 Å². The number of nitrogens with one attached hydrogen (secondary N) is 1. The molecule has 0 bridgehead atoms. The Balaban J connectivity index is 1.80. The second-order valence-corrected chi connectivity index (χ2v) is 6.50. The summed E-state index contributed by atoms with van der Waals surface area (Å²) >= 11 is 1.41. The number of halogens is 3. The first-order chi connectivity index (χ1) is 11.9. The van der Waals surface area contributed by atoms with Crippen molar-refractivity contribution in [1.29, 1.82) is 0 Å². The molecule has 0 aliphatic rings. The van der Waals surface area contributed by atoms with Crippen molar-refractivity contribution in [2.45, 2.75) is 38.0 Å². The standard InChI is InChI=1S/C17H17F3N4S/c1-3-24-15-8-12(17(18,19)20)5-7-14(15)23-16(24)10-22-25-13-6-4-11(2)21-9-13/h4-9,22H,3,10H2,1-2H3. The number of fused-ring (bicyclic) bond motifs is 1. The van der Waals surface area contributed by atoms with Gasteiger partial charge in [-0.1, -0.05) is 0 Å². The molecule has 0 unspecified atom stereocenters. The van der Waals surface area contributed by atoms with Crippen LogP contribution < -0.4 is 4.72 Å². The van der Waals surface area contributed by atoms with Crippen LogP contribution in [0.5, 0.6) is 0 Å². The van der Waals surface area contributed by atoms with Gasteiger partial charge < -0.3 is 4.57 Å². The quantitative estimate of drug-likeness (QED) is 0.672. The topological polar surface area (TPSA) is 42.7 Å². The van der Waals surface area contributed by atoms with Gasteiger partial charge in [-0.05, 0) is 56.1 Å². The van der Waals surface area contributed by atoms with Gasteiger partial charge >= 0.3 is 6.18 Å². The first kappa shape index (κ1) is 17.8. The molecular formula is C17H17F3N4S. The highest BCUT2D eigenvalue weighted by Crippen LogP contribution is 2.31.